The van der Waals surface area contributed by atoms with Gasteiger partial charge in [-0.2, -0.15) is 0 Å². The van der Waals surface area contributed by atoms with E-state index in [1.165, 1.54) is 18.3 Å². The van der Waals surface area contributed by atoms with Crippen LogP contribution in [0.2, 0.25) is 0 Å². The van der Waals surface area contributed by atoms with E-state index in [0.717, 1.165) is 11.4 Å². The van der Waals surface area contributed by atoms with E-state index in [2.05, 4.69) is 10.3 Å². The van der Waals surface area contributed by atoms with Gasteiger partial charge in [0.1, 0.15) is 11.9 Å². The van der Waals surface area contributed by atoms with Crippen molar-refractivity contribution in [1.82, 2.24) is 14.9 Å². The number of amides is 1. The molecule has 0 saturated heterocycles. The highest BCUT2D eigenvalue weighted by Crippen LogP contribution is 2.23. The summed E-state index contributed by atoms with van der Waals surface area (Å²) in [7, 11) is 1.89. The van der Waals surface area contributed by atoms with Gasteiger partial charge < -0.3 is 9.88 Å². The molecule has 0 radical (unpaired) electrons. The second kappa shape index (κ2) is 6.80. The SMILES string of the molecule is CC(=O)c1ccc(C(=O)NC(c2ccccc2)c2nccn2C)s1. The monoisotopic (exact) mass is 339 g/mol. The summed E-state index contributed by atoms with van der Waals surface area (Å²) in [6, 6.07) is 12.7. The van der Waals surface area contributed by atoms with Gasteiger partial charge >= 0.3 is 0 Å². The number of aromatic nitrogens is 2. The predicted octanol–water partition coefficient (Wildman–Crippen LogP) is 3.20. The third-order valence-corrected chi connectivity index (χ3v) is 4.89. The highest BCUT2D eigenvalue weighted by Gasteiger charge is 2.22. The van der Waals surface area contributed by atoms with Crippen LogP contribution in [-0.4, -0.2) is 21.2 Å². The molecule has 122 valence electrons. The third-order valence-electron chi connectivity index (χ3n) is 3.70. The van der Waals surface area contributed by atoms with Gasteiger partial charge in [0.05, 0.1) is 9.75 Å². The molecule has 24 heavy (non-hydrogen) atoms. The number of hydrogen-bond donors (Lipinski definition) is 1. The van der Waals surface area contributed by atoms with Crippen molar-refractivity contribution in [2.45, 2.75) is 13.0 Å². The van der Waals surface area contributed by atoms with Crippen molar-refractivity contribution in [3.05, 3.63) is 76.0 Å². The zero-order chi connectivity index (χ0) is 17.1. The average Bonchev–Trinajstić information content (AvgIpc) is 3.22. The number of rotatable bonds is 5. The summed E-state index contributed by atoms with van der Waals surface area (Å²) in [4.78, 5) is 29.5. The maximum absolute atomic E-state index is 12.6. The quantitative estimate of drug-likeness (QED) is 0.726. The van der Waals surface area contributed by atoms with Crippen LogP contribution in [0.25, 0.3) is 0 Å². The normalized spacial score (nSPS) is 11.9. The maximum Gasteiger partial charge on any atom is 0.262 e. The molecule has 3 aromatic rings. The Morgan fingerprint density at radius 3 is 2.42 bits per heavy atom. The molecular formula is C18H17N3O2S. The lowest BCUT2D eigenvalue weighted by Crippen LogP contribution is -2.30. The van der Waals surface area contributed by atoms with Crippen LogP contribution in [-0.2, 0) is 7.05 Å². The number of thiophene rings is 1. The van der Waals surface area contributed by atoms with E-state index in [9.17, 15) is 9.59 Å². The molecule has 0 aliphatic carbocycles. The largest absolute Gasteiger partial charge is 0.337 e. The fourth-order valence-electron chi connectivity index (χ4n) is 2.45. The topological polar surface area (TPSA) is 64.0 Å². The molecule has 1 aromatic carbocycles. The standard InChI is InChI=1S/C18H17N3O2S/c1-12(22)14-8-9-15(24-14)18(23)20-16(13-6-4-3-5-7-13)17-19-10-11-21(17)2/h3-11,16H,1-2H3,(H,20,23). The van der Waals surface area contributed by atoms with Crippen LogP contribution >= 0.6 is 11.3 Å². The van der Waals surface area contributed by atoms with E-state index < -0.39 is 0 Å². The summed E-state index contributed by atoms with van der Waals surface area (Å²) in [5.41, 5.74) is 0.948. The van der Waals surface area contributed by atoms with Crippen molar-refractivity contribution in [3.63, 3.8) is 0 Å². The Morgan fingerprint density at radius 2 is 1.83 bits per heavy atom. The maximum atomic E-state index is 12.6. The second-order valence-electron chi connectivity index (χ2n) is 5.43. The first-order valence-electron chi connectivity index (χ1n) is 7.50. The second-order valence-corrected chi connectivity index (χ2v) is 6.52. The molecule has 0 bridgehead atoms. The van der Waals surface area contributed by atoms with Crippen LogP contribution in [0.5, 0.6) is 0 Å². The van der Waals surface area contributed by atoms with Gasteiger partial charge in [-0.1, -0.05) is 30.3 Å². The minimum atomic E-state index is -0.360. The fourth-order valence-corrected chi connectivity index (χ4v) is 3.25. The molecule has 2 heterocycles. The van der Waals surface area contributed by atoms with Gasteiger partial charge in [0.2, 0.25) is 0 Å². The number of nitrogens with zero attached hydrogens (tertiary/aromatic N) is 2. The average molecular weight is 339 g/mol. The van der Waals surface area contributed by atoms with Crippen LogP contribution in [0.3, 0.4) is 0 Å². The first-order valence-corrected chi connectivity index (χ1v) is 8.31. The van der Waals surface area contributed by atoms with Crippen molar-refractivity contribution in [3.8, 4) is 0 Å². The Labute approximate surface area is 144 Å². The minimum Gasteiger partial charge on any atom is -0.337 e. The molecule has 1 unspecified atom stereocenters. The molecule has 1 amide bonds. The number of aryl methyl sites for hydroxylation is 1. The first-order chi connectivity index (χ1) is 11.6. The minimum absolute atomic E-state index is 0.0391. The Morgan fingerprint density at radius 1 is 1.12 bits per heavy atom. The first kappa shape index (κ1) is 16.1. The number of benzene rings is 1. The Hall–Kier alpha value is -2.73. The molecule has 0 aliphatic heterocycles. The summed E-state index contributed by atoms with van der Waals surface area (Å²) in [6.45, 7) is 1.49. The van der Waals surface area contributed by atoms with Crippen molar-refractivity contribution in [1.29, 1.82) is 0 Å². The lowest BCUT2D eigenvalue weighted by atomic mass is 10.1. The van der Waals surface area contributed by atoms with Crippen LogP contribution in [0.15, 0.2) is 54.9 Å². The number of hydrogen-bond acceptors (Lipinski definition) is 4. The molecule has 1 atom stereocenters. The Kier molecular flexibility index (Phi) is 4.57. The van der Waals surface area contributed by atoms with Gasteiger partial charge in [-0.05, 0) is 24.6 Å². The summed E-state index contributed by atoms with van der Waals surface area (Å²) >= 11 is 1.20. The van der Waals surface area contributed by atoms with Gasteiger partial charge in [-0.3, -0.25) is 9.59 Å². The molecule has 0 saturated carbocycles. The number of carbonyl (C=O) groups excluding carboxylic acids is 2. The summed E-state index contributed by atoms with van der Waals surface area (Å²) < 4.78 is 1.88. The summed E-state index contributed by atoms with van der Waals surface area (Å²) in [5.74, 6) is 0.491. The number of Topliss-reactive ketones (excluding diaryl/α,β-unsaturated/α-hetero) is 1. The zero-order valence-electron chi connectivity index (χ0n) is 13.4. The highest BCUT2D eigenvalue weighted by atomic mass is 32.1. The van der Waals surface area contributed by atoms with Gasteiger partial charge in [-0.25, -0.2) is 4.98 Å². The van der Waals surface area contributed by atoms with E-state index in [1.54, 1.807) is 18.3 Å². The van der Waals surface area contributed by atoms with E-state index in [0.29, 0.717) is 9.75 Å². The fraction of sp³-hybridized carbons (Fsp3) is 0.167. The van der Waals surface area contributed by atoms with Gasteiger partial charge in [0, 0.05) is 19.4 Å². The van der Waals surface area contributed by atoms with Gasteiger partial charge in [-0.15, -0.1) is 11.3 Å². The van der Waals surface area contributed by atoms with E-state index >= 15 is 0 Å². The van der Waals surface area contributed by atoms with Crippen molar-refractivity contribution in [2.75, 3.05) is 0 Å². The predicted molar refractivity (Wildman–Crippen MR) is 93.3 cm³/mol. The molecular weight excluding hydrogens is 322 g/mol. The molecule has 5 nitrogen and oxygen atoms in total. The van der Waals surface area contributed by atoms with Crippen LogP contribution in [0.4, 0.5) is 0 Å². The molecule has 0 fully saturated rings. The number of nitrogens with one attached hydrogen (secondary N) is 1. The Balaban J connectivity index is 1.90. The molecule has 1 N–H and O–H groups in total. The number of carbonyl (C=O) groups is 2. The van der Waals surface area contributed by atoms with Crippen molar-refractivity contribution >= 4 is 23.0 Å². The third kappa shape index (κ3) is 3.28. The van der Waals surface area contributed by atoms with Gasteiger partial charge in [0.15, 0.2) is 5.78 Å². The number of ketones is 1. The van der Waals surface area contributed by atoms with Crippen molar-refractivity contribution < 1.29 is 9.59 Å². The molecule has 0 spiro atoms. The van der Waals surface area contributed by atoms with Crippen molar-refractivity contribution in [2.24, 2.45) is 7.05 Å². The van der Waals surface area contributed by atoms with Crippen LogP contribution < -0.4 is 5.32 Å². The summed E-state index contributed by atoms with van der Waals surface area (Å²) in [6.07, 6.45) is 3.55. The van der Waals surface area contributed by atoms with Crippen LogP contribution in [0.1, 0.15) is 43.7 Å². The highest BCUT2D eigenvalue weighted by molar-refractivity contribution is 7.15. The number of imidazole rings is 1. The molecule has 0 aliphatic rings. The van der Waals surface area contributed by atoms with E-state index in [-0.39, 0.29) is 17.7 Å². The molecule has 2 aromatic heterocycles. The summed E-state index contributed by atoms with van der Waals surface area (Å²) in [5, 5.41) is 3.02. The molecule has 3 rings (SSSR count). The Bertz CT molecular complexity index is 867. The molecule has 6 heteroatoms. The van der Waals surface area contributed by atoms with E-state index in [4.69, 9.17) is 0 Å². The lowest BCUT2D eigenvalue weighted by molar-refractivity contribution is 0.0944. The van der Waals surface area contributed by atoms with E-state index in [1.807, 2.05) is 48.1 Å². The lowest BCUT2D eigenvalue weighted by Gasteiger charge is -2.18. The van der Waals surface area contributed by atoms with Gasteiger partial charge in [0.25, 0.3) is 5.91 Å². The van der Waals surface area contributed by atoms with Crippen LogP contribution in [0, 0.1) is 0 Å². The smallest absolute Gasteiger partial charge is 0.262 e. The zero-order valence-corrected chi connectivity index (χ0v) is 14.2.